The predicted molar refractivity (Wildman–Crippen MR) is 112 cm³/mol. The first-order valence-electron chi connectivity index (χ1n) is 10.1. The van der Waals surface area contributed by atoms with Crippen molar-refractivity contribution in [1.29, 1.82) is 5.26 Å². The molecule has 28 heavy (non-hydrogen) atoms. The van der Waals surface area contributed by atoms with Crippen LogP contribution in [0.5, 0.6) is 0 Å². The van der Waals surface area contributed by atoms with Gasteiger partial charge in [-0.25, -0.2) is 0 Å². The number of carbonyl (C=O) groups is 1. The fraction of sp³-hybridized carbons (Fsp3) is 0.478. The number of ether oxygens (including phenoxy) is 1. The maximum atomic E-state index is 13.7. The molecule has 2 unspecified atom stereocenters. The molecule has 1 saturated carbocycles. The lowest BCUT2D eigenvalue weighted by Crippen LogP contribution is -2.59. The van der Waals surface area contributed by atoms with Crippen LogP contribution in [0.1, 0.15) is 19.8 Å². The second-order valence-electron chi connectivity index (χ2n) is 9.04. The van der Waals surface area contributed by atoms with Crippen LogP contribution in [-0.4, -0.2) is 27.2 Å². The number of carbonyl (C=O) groups excluding carboxylic acids is 1. The Morgan fingerprint density at radius 2 is 2.00 bits per heavy atom. The standard InChI is InChI=1S/C23H28N2O2Si/c1-15-13-23(14-24)18-10-11-20(27-2)25-19(18)12-17(22(23)26)21(15)28(3,4)16-8-6-5-7-9-16/h5-11,15,17,20-21,25H,12-13H2,1-4H3/t15-,17+,20?,21?,23-/m1/s1. The Morgan fingerprint density at radius 3 is 2.64 bits per heavy atom. The van der Waals surface area contributed by atoms with Crippen molar-refractivity contribution in [3.05, 3.63) is 53.8 Å². The number of dihydropyridines is 1. The molecule has 1 heterocycles. The van der Waals surface area contributed by atoms with Crippen molar-refractivity contribution in [3.63, 3.8) is 0 Å². The minimum Gasteiger partial charge on any atom is -0.360 e. The zero-order chi connectivity index (χ0) is 20.1. The smallest absolute Gasteiger partial charge is 0.161 e. The van der Waals surface area contributed by atoms with Crippen LogP contribution in [0.3, 0.4) is 0 Å². The molecule has 0 spiro atoms. The van der Waals surface area contributed by atoms with Crippen LogP contribution in [0.2, 0.25) is 18.6 Å². The van der Waals surface area contributed by atoms with E-state index < -0.39 is 13.5 Å². The number of allylic oxidation sites excluding steroid dienone is 3. The monoisotopic (exact) mass is 392 g/mol. The first-order valence-corrected chi connectivity index (χ1v) is 13.1. The summed E-state index contributed by atoms with van der Waals surface area (Å²) < 4.78 is 5.45. The predicted octanol–water partition coefficient (Wildman–Crippen LogP) is 3.50. The number of Topliss-reactive ketones (excluding diaryl/α,β-unsaturated/α-hetero) is 1. The van der Waals surface area contributed by atoms with Crippen LogP contribution in [-0.2, 0) is 9.53 Å². The Bertz CT molecular complexity index is 899. The highest BCUT2D eigenvalue weighted by molar-refractivity contribution is 6.91. The van der Waals surface area contributed by atoms with E-state index in [1.54, 1.807) is 7.11 Å². The lowest BCUT2D eigenvalue weighted by Gasteiger charge is -2.53. The quantitative estimate of drug-likeness (QED) is 0.800. The van der Waals surface area contributed by atoms with Gasteiger partial charge in [-0.3, -0.25) is 4.79 Å². The maximum absolute atomic E-state index is 13.7. The molecule has 3 aliphatic rings. The fourth-order valence-corrected chi connectivity index (χ4v) is 10.2. The van der Waals surface area contributed by atoms with E-state index in [0.29, 0.717) is 24.3 Å². The average Bonchev–Trinajstić information content (AvgIpc) is 2.70. The summed E-state index contributed by atoms with van der Waals surface area (Å²) in [6.45, 7) is 7.01. The van der Waals surface area contributed by atoms with E-state index in [1.165, 1.54) is 5.19 Å². The number of benzene rings is 1. The van der Waals surface area contributed by atoms with Crippen LogP contribution >= 0.6 is 0 Å². The lowest BCUT2D eigenvalue weighted by atomic mass is 9.57. The summed E-state index contributed by atoms with van der Waals surface area (Å²) in [5.74, 6) is 0.350. The molecule has 0 aromatic heterocycles. The van der Waals surface area contributed by atoms with E-state index >= 15 is 0 Å². The first-order chi connectivity index (χ1) is 13.3. The highest BCUT2D eigenvalue weighted by Crippen LogP contribution is 2.58. The van der Waals surface area contributed by atoms with Crippen LogP contribution in [0, 0.1) is 28.6 Å². The summed E-state index contributed by atoms with van der Waals surface area (Å²) >= 11 is 0. The molecule has 5 atom stereocenters. The Morgan fingerprint density at radius 1 is 1.29 bits per heavy atom. The molecular formula is C23H28N2O2Si. The summed E-state index contributed by atoms with van der Waals surface area (Å²) in [7, 11) is -0.255. The number of methoxy groups -OCH3 is 1. The number of hydrogen-bond acceptors (Lipinski definition) is 4. The Hall–Kier alpha value is -2.16. The third-order valence-corrected chi connectivity index (χ3v) is 11.7. The van der Waals surface area contributed by atoms with Gasteiger partial charge in [0, 0.05) is 18.7 Å². The van der Waals surface area contributed by atoms with E-state index in [1.807, 2.05) is 18.2 Å². The normalized spacial score (nSPS) is 34.5. The van der Waals surface area contributed by atoms with Crippen LogP contribution < -0.4 is 10.5 Å². The molecule has 2 bridgehead atoms. The van der Waals surface area contributed by atoms with Crippen molar-refractivity contribution >= 4 is 19.0 Å². The SMILES string of the molecule is COC1C=CC2=C(C[C@@H]3C(=O)[C@@]2(C#N)C[C@@H](C)C3[Si](C)(C)c2ccccc2)N1. The van der Waals surface area contributed by atoms with Crippen molar-refractivity contribution in [2.75, 3.05) is 7.11 Å². The van der Waals surface area contributed by atoms with Gasteiger partial charge < -0.3 is 10.1 Å². The highest BCUT2D eigenvalue weighted by Gasteiger charge is 2.60. The van der Waals surface area contributed by atoms with Crippen molar-refractivity contribution in [2.45, 2.75) is 44.6 Å². The van der Waals surface area contributed by atoms with Crippen LogP contribution in [0.4, 0.5) is 0 Å². The molecule has 0 saturated heterocycles. The lowest BCUT2D eigenvalue weighted by molar-refractivity contribution is -0.133. The van der Waals surface area contributed by atoms with Gasteiger partial charge in [0.25, 0.3) is 0 Å². The Balaban J connectivity index is 1.80. The topological polar surface area (TPSA) is 62.1 Å². The first kappa shape index (κ1) is 19.2. The van der Waals surface area contributed by atoms with Crippen molar-refractivity contribution in [1.82, 2.24) is 5.32 Å². The molecule has 146 valence electrons. The van der Waals surface area contributed by atoms with E-state index in [4.69, 9.17) is 4.74 Å². The van der Waals surface area contributed by atoms with Gasteiger partial charge in [0.05, 0.1) is 14.1 Å². The van der Waals surface area contributed by atoms with Crippen molar-refractivity contribution < 1.29 is 9.53 Å². The fourth-order valence-electron chi connectivity index (χ4n) is 5.99. The summed E-state index contributed by atoms with van der Waals surface area (Å²) in [4.78, 5) is 13.7. The molecule has 1 aliphatic heterocycles. The number of nitrogens with zero attached hydrogens (tertiary/aromatic N) is 1. The van der Waals surface area contributed by atoms with Gasteiger partial charge >= 0.3 is 0 Å². The Kier molecular flexibility index (Phi) is 4.60. The molecule has 1 aromatic carbocycles. The summed E-state index contributed by atoms with van der Waals surface area (Å²) in [6.07, 6.45) is 4.95. The molecule has 4 rings (SSSR count). The molecule has 1 N–H and O–H groups in total. The van der Waals surface area contributed by atoms with Gasteiger partial charge in [0.2, 0.25) is 0 Å². The van der Waals surface area contributed by atoms with Gasteiger partial charge in [0.15, 0.2) is 5.78 Å². The molecule has 2 aliphatic carbocycles. The number of nitriles is 1. The van der Waals surface area contributed by atoms with Crippen molar-refractivity contribution in [3.8, 4) is 6.07 Å². The number of fused-ring (bicyclic) bond motifs is 3. The molecule has 0 amide bonds. The average molecular weight is 393 g/mol. The van der Waals surface area contributed by atoms with Crippen LogP contribution in [0.15, 0.2) is 53.8 Å². The Labute approximate surface area is 168 Å². The molecule has 4 nitrogen and oxygen atoms in total. The van der Waals surface area contributed by atoms with Gasteiger partial charge in [-0.05, 0) is 35.9 Å². The summed E-state index contributed by atoms with van der Waals surface area (Å²) in [5.41, 5.74) is 1.19. The number of nitrogens with one attached hydrogen (secondary N) is 1. The van der Waals surface area contributed by atoms with E-state index in [2.05, 4.69) is 55.7 Å². The molecule has 1 aromatic rings. The molecule has 1 fully saturated rings. The highest BCUT2D eigenvalue weighted by atomic mass is 28.3. The number of rotatable bonds is 3. The van der Waals surface area contributed by atoms with Gasteiger partial charge in [-0.1, -0.05) is 61.6 Å². The largest absolute Gasteiger partial charge is 0.360 e. The second-order valence-corrected chi connectivity index (χ2v) is 13.7. The molecule has 0 radical (unpaired) electrons. The maximum Gasteiger partial charge on any atom is 0.161 e. The third-order valence-electron chi connectivity index (χ3n) is 7.19. The van der Waals surface area contributed by atoms with Gasteiger partial charge in [-0.2, -0.15) is 5.26 Å². The minimum atomic E-state index is -1.92. The molecular weight excluding hydrogens is 364 g/mol. The third kappa shape index (κ3) is 2.62. The second kappa shape index (κ2) is 6.72. The van der Waals surface area contributed by atoms with Gasteiger partial charge in [0.1, 0.15) is 11.6 Å². The van der Waals surface area contributed by atoms with Crippen molar-refractivity contribution in [2.24, 2.45) is 17.3 Å². The van der Waals surface area contributed by atoms with E-state index in [-0.39, 0.29) is 17.9 Å². The van der Waals surface area contributed by atoms with Gasteiger partial charge in [-0.15, -0.1) is 0 Å². The van der Waals surface area contributed by atoms with E-state index in [9.17, 15) is 10.1 Å². The zero-order valence-electron chi connectivity index (χ0n) is 17.0. The number of ketones is 1. The molecule has 5 heteroatoms. The van der Waals surface area contributed by atoms with E-state index in [0.717, 1.165) is 11.3 Å². The summed E-state index contributed by atoms with van der Waals surface area (Å²) in [5, 5.41) is 15.0. The minimum absolute atomic E-state index is 0.111. The zero-order valence-corrected chi connectivity index (χ0v) is 18.0. The number of hydrogen-bond donors (Lipinski definition) is 1. The summed E-state index contributed by atoms with van der Waals surface area (Å²) in [6, 6.07) is 13.1. The van der Waals surface area contributed by atoms with Crippen LogP contribution in [0.25, 0.3) is 0 Å².